The van der Waals surface area contributed by atoms with Gasteiger partial charge < -0.3 is 16.8 Å². The first-order valence-electron chi connectivity index (χ1n) is 9.36. The van der Waals surface area contributed by atoms with Gasteiger partial charge in [-0.05, 0) is 48.2 Å². The lowest BCUT2D eigenvalue weighted by Gasteiger charge is -2.14. The van der Waals surface area contributed by atoms with E-state index in [2.05, 4.69) is 10.3 Å². The molecule has 8 nitrogen and oxygen atoms in total. The fourth-order valence-corrected chi connectivity index (χ4v) is 4.96. The number of pyridine rings is 1. The second-order valence-corrected chi connectivity index (χ2v) is 8.31. The summed E-state index contributed by atoms with van der Waals surface area (Å²) in [7, 11) is 0. The number of thiophene rings is 1. The Morgan fingerprint density at radius 2 is 1.84 bits per heavy atom. The van der Waals surface area contributed by atoms with E-state index >= 15 is 0 Å². The van der Waals surface area contributed by atoms with Gasteiger partial charge in [0.15, 0.2) is 0 Å². The minimum atomic E-state index is -0.627. The molecule has 0 aliphatic heterocycles. The summed E-state index contributed by atoms with van der Waals surface area (Å²) in [5.74, 6) is 0.257. The number of hydrogen-bond donors (Lipinski definition) is 3. The van der Waals surface area contributed by atoms with Crippen LogP contribution in [0, 0.1) is 24.0 Å². The summed E-state index contributed by atoms with van der Waals surface area (Å²) in [5, 5.41) is 14.7. The van der Waals surface area contributed by atoms with Crippen molar-refractivity contribution in [3.05, 3.63) is 69.2 Å². The molecule has 4 aromatic rings. The summed E-state index contributed by atoms with van der Waals surface area (Å²) in [6, 6.07) is 12.7. The Hall–Kier alpha value is -3.98. The first-order valence-corrected chi connectivity index (χ1v) is 10.2. The summed E-state index contributed by atoms with van der Waals surface area (Å²) in [6.45, 7) is 3.87. The van der Waals surface area contributed by atoms with Crippen molar-refractivity contribution < 1.29 is 9.72 Å². The van der Waals surface area contributed by atoms with Crippen LogP contribution in [0.4, 0.5) is 22.0 Å². The number of anilines is 2. The van der Waals surface area contributed by atoms with Crippen molar-refractivity contribution in [1.82, 2.24) is 4.98 Å². The van der Waals surface area contributed by atoms with Crippen molar-refractivity contribution in [3.63, 3.8) is 0 Å². The molecule has 5 N–H and O–H groups in total. The molecule has 0 spiro atoms. The Bertz CT molecular complexity index is 1360. The number of aryl methyl sites for hydroxylation is 2. The second-order valence-electron chi connectivity index (χ2n) is 7.09. The number of nitrogen functional groups attached to an aromatic ring is 1. The van der Waals surface area contributed by atoms with Gasteiger partial charge in [0.2, 0.25) is 0 Å². The van der Waals surface area contributed by atoms with Crippen LogP contribution in [0.25, 0.3) is 32.3 Å². The van der Waals surface area contributed by atoms with Gasteiger partial charge in [0.05, 0.1) is 4.92 Å². The van der Waals surface area contributed by atoms with Gasteiger partial charge in [0.25, 0.3) is 0 Å². The summed E-state index contributed by atoms with van der Waals surface area (Å²) < 4.78 is 0.512. The number of primary amides is 1. The molecule has 2 heterocycles. The summed E-state index contributed by atoms with van der Waals surface area (Å²) in [5.41, 5.74) is 16.5. The van der Waals surface area contributed by atoms with Crippen LogP contribution < -0.4 is 16.8 Å². The van der Waals surface area contributed by atoms with E-state index in [0.717, 1.165) is 32.7 Å². The minimum Gasteiger partial charge on any atom is -0.383 e. The van der Waals surface area contributed by atoms with E-state index in [-0.39, 0.29) is 11.5 Å². The van der Waals surface area contributed by atoms with E-state index in [1.165, 1.54) is 17.5 Å². The van der Waals surface area contributed by atoms with Crippen LogP contribution in [0.2, 0.25) is 0 Å². The van der Waals surface area contributed by atoms with Crippen molar-refractivity contribution in [2.24, 2.45) is 5.73 Å². The van der Waals surface area contributed by atoms with Crippen LogP contribution in [-0.4, -0.2) is 15.9 Å². The Morgan fingerprint density at radius 1 is 1.13 bits per heavy atom. The standard InChI is InChI=1S/C22H19N5O3S/c1-11-9-13(26-22(24)28)7-8-14(11)15-5-3-4-6-16(15)18-12(2)31-20-17(27(29)30)10-25-21(23)19(18)20/h3-10H,1-2H3,(H2,23,25)(H3,24,26,28). The van der Waals surface area contributed by atoms with Crippen LogP contribution in [0.5, 0.6) is 0 Å². The molecule has 0 radical (unpaired) electrons. The molecule has 0 fully saturated rings. The molecule has 2 amide bonds. The highest BCUT2D eigenvalue weighted by Crippen LogP contribution is 2.47. The molecule has 0 atom stereocenters. The lowest BCUT2D eigenvalue weighted by molar-refractivity contribution is -0.383. The van der Waals surface area contributed by atoms with Gasteiger partial charge in [-0.15, -0.1) is 11.3 Å². The number of rotatable bonds is 4. The summed E-state index contributed by atoms with van der Waals surface area (Å²) in [4.78, 5) is 27.2. The third-order valence-corrected chi connectivity index (χ3v) is 6.20. The fraction of sp³-hybridized carbons (Fsp3) is 0.0909. The molecule has 156 valence electrons. The number of nitrogens with two attached hydrogens (primary N) is 2. The maximum absolute atomic E-state index is 11.5. The number of nitrogens with zero attached hydrogens (tertiary/aromatic N) is 2. The fourth-order valence-electron chi connectivity index (χ4n) is 3.80. The Morgan fingerprint density at radius 3 is 2.48 bits per heavy atom. The quantitative estimate of drug-likeness (QED) is 0.299. The molecular formula is C22H19N5O3S. The largest absolute Gasteiger partial charge is 0.383 e. The van der Waals surface area contributed by atoms with E-state index in [1.54, 1.807) is 6.07 Å². The van der Waals surface area contributed by atoms with Gasteiger partial charge in [-0.3, -0.25) is 10.1 Å². The lowest BCUT2D eigenvalue weighted by Crippen LogP contribution is -2.19. The first kappa shape index (κ1) is 20.3. The van der Waals surface area contributed by atoms with Crippen molar-refractivity contribution in [2.75, 3.05) is 11.1 Å². The molecule has 2 aromatic heterocycles. The predicted molar refractivity (Wildman–Crippen MR) is 124 cm³/mol. The molecule has 0 saturated heterocycles. The topological polar surface area (TPSA) is 137 Å². The molecule has 31 heavy (non-hydrogen) atoms. The Labute approximate surface area is 181 Å². The monoisotopic (exact) mass is 433 g/mol. The van der Waals surface area contributed by atoms with Crippen LogP contribution in [0.15, 0.2) is 48.7 Å². The molecule has 0 bridgehead atoms. The third-order valence-electron chi connectivity index (χ3n) is 5.08. The van der Waals surface area contributed by atoms with Gasteiger partial charge in [-0.25, -0.2) is 9.78 Å². The van der Waals surface area contributed by atoms with E-state index in [9.17, 15) is 14.9 Å². The minimum absolute atomic E-state index is 0.0564. The highest BCUT2D eigenvalue weighted by molar-refractivity contribution is 7.20. The zero-order valence-corrected chi connectivity index (χ0v) is 17.6. The Kier molecular flexibility index (Phi) is 5.04. The molecule has 0 saturated carbocycles. The van der Waals surface area contributed by atoms with E-state index in [1.807, 2.05) is 50.2 Å². The highest BCUT2D eigenvalue weighted by Gasteiger charge is 2.24. The van der Waals surface area contributed by atoms with Gasteiger partial charge in [0.1, 0.15) is 16.7 Å². The predicted octanol–water partition coefficient (Wildman–Crippen LogP) is 5.23. The molecular weight excluding hydrogens is 414 g/mol. The average Bonchev–Trinajstić information content (AvgIpc) is 3.05. The molecule has 9 heteroatoms. The molecule has 0 unspecified atom stereocenters. The van der Waals surface area contributed by atoms with E-state index in [0.29, 0.717) is 15.8 Å². The lowest BCUT2D eigenvalue weighted by atomic mass is 9.91. The smallest absolute Gasteiger partial charge is 0.316 e. The highest BCUT2D eigenvalue weighted by atomic mass is 32.1. The SMILES string of the molecule is Cc1cc(NC(N)=O)ccc1-c1ccccc1-c1c(C)sc2c([N+](=O)[O-])cnc(N)c12. The van der Waals surface area contributed by atoms with Gasteiger partial charge in [0, 0.05) is 21.5 Å². The number of benzene rings is 2. The van der Waals surface area contributed by atoms with Gasteiger partial charge >= 0.3 is 11.7 Å². The number of amides is 2. The summed E-state index contributed by atoms with van der Waals surface area (Å²) >= 11 is 1.34. The average molecular weight is 433 g/mol. The molecule has 0 aliphatic carbocycles. The van der Waals surface area contributed by atoms with Gasteiger partial charge in [-0.2, -0.15) is 0 Å². The number of nitro groups is 1. The van der Waals surface area contributed by atoms with Crippen molar-refractivity contribution in [1.29, 1.82) is 0 Å². The zero-order valence-electron chi connectivity index (χ0n) is 16.8. The number of aromatic nitrogens is 1. The second kappa shape index (κ2) is 7.69. The van der Waals surface area contributed by atoms with Crippen molar-refractivity contribution in [2.45, 2.75) is 13.8 Å². The maximum Gasteiger partial charge on any atom is 0.316 e. The molecule has 2 aromatic carbocycles. The van der Waals surface area contributed by atoms with Gasteiger partial charge in [-0.1, -0.05) is 30.3 Å². The first-order chi connectivity index (χ1) is 14.8. The van der Waals surface area contributed by atoms with Crippen LogP contribution >= 0.6 is 11.3 Å². The van der Waals surface area contributed by atoms with Crippen LogP contribution in [0.1, 0.15) is 10.4 Å². The number of urea groups is 1. The molecule has 4 rings (SSSR count). The van der Waals surface area contributed by atoms with E-state index < -0.39 is 11.0 Å². The number of nitrogens with one attached hydrogen (secondary N) is 1. The number of fused-ring (bicyclic) bond motifs is 1. The number of carbonyl (C=O) groups is 1. The summed E-state index contributed by atoms with van der Waals surface area (Å²) in [6.07, 6.45) is 1.21. The third kappa shape index (κ3) is 3.55. The van der Waals surface area contributed by atoms with E-state index in [4.69, 9.17) is 11.5 Å². The zero-order chi connectivity index (χ0) is 22.3. The van der Waals surface area contributed by atoms with Crippen molar-refractivity contribution in [3.8, 4) is 22.3 Å². The van der Waals surface area contributed by atoms with Crippen LogP contribution in [-0.2, 0) is 0 Å². The number of hydrogen-bond acceptors (Lipinski definition) is 6. The number of carbonyl (C=O) groups excluding carboxylic acids is 1. The van der Waals surface area contributed by atoms with Crippen molar-refractivity contribution >= 4 is 44.6 Å². The molecule has 0 aliphatic rings. The normalized spacial score (nSPS) is 10.9. The van der Waals surface area contributed by atoms with Crippen LogP contribution in [0.3, 0.4) is 0 Å². The maximum atomic E-state index is 11.5. The Balaban J connectivity index is 1.96.